The molecule has 1 aliphatic carbocycles. The van der Waals surface area contributed by atoms with Gasteiger partial charge in [0.2, 0.25) is 0 Å². The van der Waals surface area contributed by atoms with Crippen LogP contribution in [-0.2, 0) is 6.42 Å². The van der Waals surface area contributed by atoms with E-state index in [4.69, 9.17) is 0 Å². The highest BCUT2D eigenvalue weighted by Crippen LogP contribution is 2.44. The van der Waals surface area contributed by atoms with E-state index in [2.05, 4.69) is 36.7 Å². The predicted molar refractivity (Wildman–Crippen MR) is 135 cm³/mol. The SMILES string of the molecule is CCCCC1=C(/C(CNC(=O)Nc2sc3c(c2C=O)CC(C)CC3C)=C(\C)C(F)(F)F)CCNC1. The number of nitrogens with one attached hydrogen (secondary N) is 3. The van der Waals surface area contributed by atoms with E-state index in [1.807, 2.05) is 0 Å². The number of alkyl halides is 3. The van der Waals surface area contributed by atoms with Crippen LogP contribution in [-0.4, -0.2) is 38.1 Å². The van der Waals surface area contributed by atoms with E-state index in [1.165, 1.54) is 11.3 Å². The Labute approximate surface area is 209 Å². The van der Waals surface area contributed by atoms with Crippen molar-refractivity contribution in [1.29, 1.82) is 0 Å². The molecule has 0 fully saturated rings. The Morgan fingerprint density at radius 1 is 1.29 bits per heavy atom. The van der Waals surface area contributed by atoms with E-state index in [1.54, 1.807) is 0 Å². The number of anilines is 1. The number of rotatable bonds is 8. The zero-order valence-electron chi connectivity index (χ0n) is 21.0. The number of halogens is 3. The lowest BCUT2D eigenvalue weighted by Crippen LogP contribution is -2.34. The first-order valence-corrected chi connectivity index (χ1v) is 13.2. The Morgan fingerprint density at radius 3 is 2.69 bits per heavy atom. The molecule has 3 rings (SSSR count). The summed E-state index contributed by atoms with van der Waals surface area (Å²) in [6, 6.07) is -0.607. The number of allylic oxidation sites excluding steroid dienone is 1. The summed E-state index contributed by atoms with van der Waals surface area (Å²) >= 11 is 1.39. The second kappa shape index (κ2) is 11.7. The number of fused-ring (bicyclic) bond motifs is 1. The molecule has 0 bridgehead atoms. The first kappa shape index (κ1) is 27.5. The van der Waals surface area contributed by atoms with Crippen molar-refractivity contribution in [3.05, 3.63) is 38.3 Å². The van der Waals surface area contributed by atoms with Crippen LogP contribution >= 0.6 is 11.3 Å². The third-order valence-electron chi connectivity index (χ3n) is 7.00. The quantitative estimate of drug-likeness (QED) is 0.339. The van der Waals surface area contributed by atoms with Gasteiger partial charge in [0.15, 0.2) is 6.29 Å². The number of urea groups is 1. The summed E-state index contributed by atoms with van der Waals surface area (Å²) in [5.74, 6) is 0.749. The van der Waals surface area contributed by atoms with Crippen LogP contribution in [0.2, 0.25) is 0 Å². The maximum Gasteiger partial charge on any atom is 0.412 e. The highest BCUT2D eigenvalue weighted by Gasteiger charge is 2.34. The summed E-state index contributed by atoms with van der Waals surface area (Å²) in [5.41, 5.74) is 2.63. The minimum Gasteiger partial charge on any atom is -0.334 e. The number of thiophene rings is 1. The highest BCUT2D eigenvalue weighted by atomic mass is 32.1. The molecule has 2 amide bonds. The monoisotopic (exact) mass is 511 g/mol. The molecule has 2 atom stereocenters. The molecule has 2 aliphatic rings. The summed E-state index contributed by atoms with van der Waals surface area (Å²) in [4.78, 5) is 25.7. The number of amides is 2. The first-order chi connectivity index (χ1) is 16.6. The average molecular weight is 512 g/mol. The van der Waals surface area contributed by atoms with Crippen LogP contribution in [0.1, 0.15) is 86.5 Å². The van der Waals surface area contributed by atoms with Gasteiger partial charge in [-0.3, -0.25) is 10.1 Å². The van der Waals surface area contributed by atoms with Crippen LogP contribution < -0.4 is 16.0 Å². The van der Waals surface area contributed by atoms with Gasteiger partial charge in [-0.15, -0.1) is 11.3 Å². The molecule has 9 heteroatoms. The maximum atomic E-state index is 13.7. The number of carbonyl (C=O) groups is 2. The normalized spacial score (nSPS) is 21.3. The molecule has 1 aromatic rings. The molecule has 2 heterocycles. The van der Waals surface area contributed by atoms with Gasteiger partial charge in [0.05, 0.1) is 5.56 Å². The Kier molecular flexibility index (Phi) is 9.21. The number of aldehydes is 1. The zero-order chi connectivity index (χ0) is 25.8. The minimum atomic E-state index is -4.48. The van der Waals surface area contributed by atoms with Crippen molar-refractivity contribution in [3.8, 4) is 0 Å². The first-order valence-electron chi connectivity index (χ1n) is 12.4. The molecular formula is C26H36F3N3O2S. The van der Waals surface area contributed by atoms with Gasteiger partial charge < -0.3 is 10.6 Å². The van der Waals surface area contributed by atoms with E-state index in [0.29, 0.717) is 47.5 Å². The summed E-state index contributed by atoms with van der Waals surface area (Å²) in [6.45, 7) is 8.34. The molecule has 3 N–H and O–H groups in total. The fraction of sp³-hybridized carbons (Fsp3) is 0.615. The molecule has 1 aromatic heterocycles. The van der Waals surface area contributed by atoms with Crippen molar-refractivity contribution < 1.29 is 22.8 Å². The summed E-state index contributed by atoms with van der Waals surface area (Å²) in [7, 11) is 0. The van der Waals surface area contributed by atoms with Gasteiger partial charge in [-0.1, -0.05) is 32.8 Å². The topological polar surface area (TPSA) is 70.2 Å². The molecule has 0 aromatic carbocycles. The van der Waals surface area contributed by atoms with Crippen LogP contribution in [0.3, 0.4) is 0 Å². The molecule has 194 valence electrons. The van der Waals surface area contributed by atoms with Gasteiger partial charge in [-0.2, -0.15) is 13.2 Å². The van der Waals surface area contributed by atoms with Gasteiger partial charge in [-0.05, 0) is 74.1 Å². The van der Waals surface area contributed by atoms with Crippen molar-refractivity contribution >= 4 is 28.7 Å². The lowest BCUT2D eigenvalue weighted by atomic mass is 9.82. The van der Waals surface area contributed by atoms with Gasteiger partial charge in [0, 0.05) is 23.5 Å². The number of hydrogen-bond donors (Lipinski definition) is 3. The third kappa shape index (κ3) is 6.55. The molecule has 0 saturated heterocycles. The van der Waals surface area contributed by atoms with Crippen LogP contribution in [0.5, 0.6) is 0 Å². The van der Waals surface area contributed by atoms with Crippen molar-refractivity contribution in [2.45, 2.75) is 78.3 Å². The zero-order valence-corrected chi connectivity index (χ0v) is 21.8. The van der Waals surface area contributed by atoms with Crippen molar-refractivity contribution in [1.82, 2.24) is 10.6 Å². The lowest BCUT2D eigenvalue weighted by Gasteiger charge is -2.26. The Bertz CT molecular complexity index is 1010. The van der Waals surface area contributed by atoms with Crippen LogP contribution in [0.4, 0.5) is 23.0 Å². The van der Waals surface area contributed by atoms with E-state index < -0.39 is 17.8 Å². The van der Waals surface area contributed by atoms with Crippen molar-refractivity contribution in [2.75, 3.05) is 25.0 Å². The molecule has 5 nitrogen and oxygen atoms in total. The largest absolute Gasteiger partial charge is 0.412 e. The van der Waals surface area contributed by atoms with E-state index in [9.17, 15) is 22.8 Å². The molecule has 0 saturated carbocycles. The van der Waals surface area contributed by atoms with Crippen molar-refractivity contribution in [3.63, 3.8) is 0 Å². The third-order valence-corrected chi connectivity index (χ3v) is 8.39. The van der Waals surface area contributed by atoms with Gasteiger partial charge in [-0.25, -0.2) is 4.79 Å². The summed E-state index contributed by atoms with van der Waals surface area (Å²) in [6.07, 6.45) is 1.19. The van der Waals surface area contributed by atoms with Gasteiger partial charge >= 0.3 is 12.2 Å². The van der Waals surface area contributed by atoms with Gasteiger partial charge in [0.25, 0.3) is 0 Å². The summed E-state index contributed by atoms with van der Waals surface area (Å²) < 4.78 is 41.2. The maximum absolute atomic E-state index is 13.7. The van der Waals surface area contributed by atoms with E-state index >= 15 is 0 Å². The number of unbranched alkanes of at least 4 members (excludes halogenated alkanes) is 1. The van der Waals surface area contributed by atoms with E-state index in [-0.39, 0.29) is 12.1 Å². The fourth-order valence-corrected chi connectivity index (χ4v) is 6.41. The molecule has 1 aliphatic heterocycles. The second-order valence-corrected chi connectivity index (χ2v) is 10.8. The van der Waals surface area contributed by atoms with Crippen LogP contribution in [0.25, 0.3) is 0 Å². The highest BCUT2D eigenvalue weighted by molar-refractivity contribution is 7.17. The Hall–Kier alpha value is -2.13. The van der Waals surface area contributed by atoms with Crippen molar-refractivity contribution in [2.24, 2.45) is 5.92 Å². The minimum absolute atomic E-state index is 0.142. The van der Waals surface area contributed by atoms with Crippen LogP contribution in [0.15, 0.2) is 22.3 Å². The Morgan fingerprint density at radius 2 is 2.03 bits per heavy atom. The molecule has 2 unspecified atom stereocenters. The van der Waals surface area contributed by atoms with E-state index in [0.717, 1.165) is 61.3 Å². The lowest BCUT2D eigenvalue weighted by molar-refractivity contribution is -0.0921. The number of hydrogen-bond acceptors (Lipinski definition) is 4. The molecular weight excluding hydrogens is 475 g/mol. The average Bonchev–Trinajstić information content (AvgIpc) is 3.14. The second-order valence-electron chi connectivity index (χ2n) is 9.77. The summed E-state index contributed by atoms with van der Waals surface area (Å²) in [5, 5.41) is 9.10. The van der Waals surface area contributed by atoms with Crippen LogP contribution in [0, 0.1) is 5.92 Å². The smallest absolute Gasteiger partial charge is 0.334 e. The van der Waals surface area contributed by atoms with Gasteiger partial charge in [0.1, 0.15) is 5.00 Å². The standard InChI is InChI=1S/C26H36F3N3O2S/c1-5-6-7-18-12-30-9-8-19(18)21(17(4)26(27,28)29)13-31-25(34)32-24-22(14-33)20-11-15(2)10-16(3)23(20)35-24/h14-16,30H,5-13H2,1-4H3,(H2,31,32,34)/b21-17+. The molecule has 0 radical (unpaired) electrons. The fourth-order valence-electron chi connectivity index (χ4n) is 5.15. The molecule has 0 spiro atoms. The Balaban J connectivity index is 1.83. The predicted octanol–water partition coefficient (Wildman–Crippen LogP) is 6.73. The molecule has 35 heavy (non-hydrogen) atoms. The number of carbonyl (C=O) groups excluding carboxylic acids is 2.